The molecule has 1 fully saturated rings. The normalized spacial score (nSPS) is 16.1. The van der Waals surface area contributed by atoms with E-state index in [9.17, 15) is 24.6 Å². The Labute approximate surface area is 171 Å². The van der Waals surface area contributed by atoms with Gasteiger partial charge in [0.05, 0.1) is 0 Å². The molecule has 0 spiro atoms. The van der Waals surface area contributed by atoms with Crippen molar-refractivity contribution in [2.75, 3.05) is 20.1 Å². The van der Waals surface area contributed by atoms with Crippen molar-refractivity contribution in [3.8, 4) is 0 Å². The summed E-state index contributed by atoms with van der Waals surface area (Å²) in [6.45, 7) is 0.903. The molecule has 1 aliphatic rings. The molecule has 160 valence electrons. The third-order valence-corrected chi connectivity index (χ3v) is 5.14. The van der Waals surface area contributed by atoms with Gasteiger partial charge in [-0.05, 0) is 24.8 Å². The van der Waals surface area contributed by atoms with Crippen LogP contribution in [-0.2, 0) is 20.9 Å². The molecule has 1 saturated carbocycles. The van der Waals surface area contributed by atoms with Gasteiger partial charge < -0.3 is 25.7 Å². The van der Waals surface area contributed by atoms with E-state index in [1.54, 1.807) is 0 Å². The average Bonchev–Trinajstić information content (AvgIpc) is 3.27. The van der Waals surface area contributed by atoms with E-state index in [0.29, 0.717) is 13.0 Å². The molecule has 8 heteroatoms. The fourth-order valence-electron chi connectivity index (χ4n) is 3.39. The number of hydrogen-bond acceptors (Lipinski definition) is 5. The molecular formula is C21H31N3O5. The van der Waals surface area contributed by atoms with Crippen LogP contribution in [0.1, 0.15) is 37.7 Å². The Kier molecular flexibility index (Phi) is 9.08. The van der Waals surface area contributed by atoms with Crippen molar-refractivity contribution in [3.63, 3.8) is 0 Å². The van der Waals surface area contributed by atoms with Gasteiger partial charge in [-0.2, -0.15) is 0 Å². The zero-order chi connectivity index (χ0) is 21.2. The first-order valence-electron chi connectivity index (χ1n) is 10.1. The lowest BCUT2D eigenvalue weighted by molar-refractivity contribution is -0.152. The molecule has 0 saturated heterocycles. The van der Waals surface area contributed by atoms with Gasteiger partial charge >= 0.3 is 0 Å². The summed E-state index contributed by atoms with van der Waals surface area (Å²) in [4.78, 5) is 37.4. The summed E-state index contributed by atoms with van der Waals surface area (Å²) >= 11 is 0. The second-order valence-electron chi connectivity index (χ2n) is 7.49. The summed E-state index contributed by atoms with van der Waals surface area (Å²) in [5, 5.41) is 25.3. The zero-order valence-electron chi connectivity index (χ0n) is 16.8. The Morgan fingerprint density at radius 1 is 1.03 bits per heavy atom. The monoisotopic (exact) mass is 405 g/mol. The summed E-state index contributed by atoms with van der Waals surface area (Å²) < 4.78 is 0. The summed E-state index contributed by atoms with van der Waals surface area (Å²) in [7, 11) is 1.50. The predicted molar refractivity (Wildman–Crippen MR) is 108 cm³/mol. The van der Waals surface area contributed by atoms with Gasteiger partial charge in [0.25, 0.3) is 11.8 Å². The van der Waals surface area contributed by atoms with Crippen LogP contribution in [-0.4, -0.2) is 65.2 Å². The van der Waals surface area contributed by atoms with E-state index in [2.05, 4.69) is 10.6 Å². The van der Waals surface area contributed by atoms with Gasteiger partial charge in [-0.1, -0.05) is 43.2 Å². The largest absolute Gasteiger partial charge is 0.380 e. The van der Waals surface area contributed by atoms with Gasteiger partial charge in [0.2, 0.25) is 5.91 Å². The van der Waals surface area contributed by atoms with Crippen LogP contribution in [0.5, 0.6) is 0 Å². The Balaban J connectivity index is 1.66. The minimum atomic E-state index is -1.85. The van der Waals surface area contributed by atoms with Crippen molar-refractivity contribution < 1.29 is 24.6 Å². The van der Waals surface area contributed by atoms with Crippen molar-refractivity contribution >= 4 is 17.7 Å². The molecule has 0 radical (unpaired) electrons. The van der Waals surface area contributed by atoms with E-state index in [1.165, 1.54) is 11.9 Å². The maximum Gasteiger partial charge on any atom is 0.254 e. The highest BCUT2D eigenvalue weighted by atomic mass is 16.3. The highest BCUT2D eigenvalue weighted by molar-refractivity contribution is 5.90. The Morgan fingerprint density at radius 2 is 1.66 bits per heavy atom. The van der Waals surface area contributed by atoms with Crippen molar-refractivity contribution in [2.24, 2.45) is 5.92 Å². The van der Waals surface area contributed by atoms with Crippen LogP contribution in [0.25, 0.3) is 0 Å². The molecule has 8 nitrogen and oxygen atoms in total. The molecule has 0 aliphatic heterocycles. The van der Waals surface area contributed by atoms with Crippen LogP contribution < -0.4 is 10.6 Å². The minimum absolute atomic E-state index is 0.0522. The predicted octanol–water partition coefficient (Wildman–Crippen LogP) is 0.180. The van der Waals surface area contributed by atoms with Gasteiger partial charge in [0, 0.05) is 32.6 Å². The lowest BCUT2D eigenvalue weighted by Gasteiger charge is -2.23. The van der Waals surface area contributed by atoms with E-state index >= 15 is 0 Å². The van der Waals surface area contributed by atoms with E-state index < -0.39 is 24.0 Å². The van der Waals surface area contributed by atoms with E-state index in [1.807, 2.05) is 30.3 Å². The second kappa shape index (κ2) is 11.5. The van der Waals surface area contributed by atoms with Gasteiger partial charge in [0.15, 0.2) is 12.2 Å². The third kappa shape index (κ3) is 7.14. The number of carbonyl (C=O) groups is 3. The minimum Gasteiger partial charge on any atom is -0.380 e. The van der Waals surface area contributed by atoms with Crippen molar-refractivity contribution in [2.45, 2.75) is 50.9 Å². The van der Waals surface area contributed by atoms with Gasteiger partial charge in [-0.15, -0.1) is 0 Å². The summed E-state index contributed by atoms with van der Waals surface area (Å²) in [5.74, 6) is -1.40. The Hall–Kier alpha value is -2.45. The van der Waals surface area contributed by atoms with Crippen LogP contribution in [0.15, 0.2) is 30.3 Å². The zero-order valence-corrected chi connectivity index (χ0v) is 16.8. The molecule has 2 rings (SSSR count). The van der Waals surface area contributed by atoms with Gasteiger partial charge in [-0.3, -0.25) is 14.4 Å². The molecule has 0 unspecified atom stereocenters. The number of nitrogens with zero attached hydrogens (tertiary/aromatic N) is 1. The molecule has 0 bridgehead atoms. The van der Waals surface area contributed by atoms with Crippen molar-refractivity contribution in [1.29, 1.82) is 0 Å². The molecule has 0 heterocycles. The summed E-state index contributed by atoms with van der Waals surface area (Å²) in [6, 6.07) is 9.20. The number of hydrogen-bond donors (Lipinski definition) is 4. The summed E-state index contributed by atoms with van der Waals surface area (Å²) in [5.41, 5.74) is 0.870. The van der Waals surface area contributed by atoms with Crippen LogP contribution in [0.3, 0.4) is 0 Å². The van der Waals surface area contributed by atoms with Crippen LogP contribution in [0, 0.1) is 5.92 Å². The molecule has 0 aromatic heterocycles. The molecule has 1 aromatic carbocycles. The maximum atomic E-state index is 12.3. The highest BCUT2D eigenvalue weighted by Crippen LogP contribution is 2.24. The molecule has 4 N–H and O–H groups in total. The summed E-state index contributed by atoms with van der Waals surface area (Å²) in [6.07, 6.45) is 0.842. The molecular weight excluding hydrogens is 374 g/mol. The quantitative estimate of drug-likeness (QED) is 0.414. The first-order chi connectivity index (χ1) is 13.9. The first kappa shape index (κ1) is 22.8. The lowest BCUT2D eigenvalue weighted by Crippen LogP contribution is -2.50. The number of carbonyl (C=O) groups excluding carboxylic acids is 3. The number of nitrogens with one attached hydrogen (secondary N) is 2. The molecule has 1 aliphatic carbocycles. The topological polar surface area (TPSA) is 119 Å². The molecule has 29 heavy (non-hydrogen) atoms. The second-order valence-corrected chi connectivity index (χ2v) is 7.49. The van der Waals surface area contributed by atoms with Crippen LogP contribution >= 0.6 is 0 Å². The van der Waals surface area contributed by atoms with Crippen LogP contribution in [0.4, 0.5) is 0 Å². The maximum absolute atomic E-state index is 12.3. The van der Waals surface area contributed by atoms with Crippen molar-refractivity contribution in [1.82, 2.24) is 15.5 Å². The third-order valence-electron chi connectivity index (χ3n) is 5.14. The fourth-order valence-corrected chi connectivity index (χ4v) is 3.39. The Bertz CT molecular complexity index is 676. The first-order valence-corrected chi connectivity index (χ1v) is 10.1. The fraction of sp³-hybridized carbons (Fsp3) is 0.571. The number of likely N-dealkylation sites (N-methyl/N-ethyl adjacent to an activating group) is 1. The van der Waals surface area contributed by atoms with E-state index in [0.717, 1.165) is 31.2 Å². The molecule has 1 aromatic rings. The number of rotatable bonds is 10. The number of benzene rings is 1. The van der Waals surface area contributed by atoms with Gasteiger partial charge in [0.1, 0.15) is 0 Å². The smallest absolute Gasteiger partial charge is 0.254 e. The SMILES string of the molecule is CN(Cc1ccccc1)C(=O)[C@H](O)[C@@H](O)C(=O)NCCCNC(=O)C1CCCC1. The van der Waals surface area contributed by atoms with E-state index in [4.69, 9.17) is 0 Å². The number of aliphatic hydroxyl groups excluding tert-OH is 2. The standard InChI is InChI=1S/C21H31N3O5/c1-24(14-15-8-3-2-4-9-15)21(29)18(26)17(25)20(28)23-13-7-12-22-19(27)16-10-5-6-11-16/h2-4,8-9,16-18,25-26H,5-7,10-14H2,1H3,(H,22,27)(H,23,28)/t17-,18-/m1/s1. The van der Waals surface area contributed by atoms with E-state index in [-0.39, 0.29) is 24.9 Å². The molecule has 3 amide bonds. The van der Waals surface area contributed by atoms with Crippen molar-refractivity contribution in [3.05, 3.63) is 35.9 Å². The van der Waals surface area contributed by atoms with Gasteiger partial charge in [-0.25, -0.2) is 0 Å². The Morgan fingerprint density at radius 3 is 2.31 bits per heavy atom. The lowest BCUT2D eigenvalue weighted by atomic mass is 10.1. The number of aliphatic hydroxyl groups is 2. The average molecular weight is 405 g/mol. The van der Waals surface area contributed by atoms with Crippen LogP contribution in [0.2, 0.25) is 0 Å². The highest BCUT2D eigenvalue weighted by Gasteiger charge is 2.32. The molecule has 2 atom stereocenters. The number of amides is 3.